The Bertz CT molecular complexity index is 48.1. The fraction of sp³-hybridized carbons (Fsp3) is 0.667. The van der Waals surface area contributed by atoms with Crippen molar-refractivity contribution in [1.82, 2.24) is 0 Å². The van der Waals surface area contributed by atoms with Crippen LogP contribution in [0.25, 0.3) is 0 Å². The zero-order valence-corrected chi connectivity index (χ0v) is 10.5. The summed E-state index contributed by atoms with van der Waals surface area (Å²) in [5, 5.41) is 0. The Balaban J connectivity index is 2.69. The van der Waals surface area contributed by atoms with E-state index in [0.717, 1.165) is 26.1 Å². The zero-order chi connectivity index (χ0) is 5.54. The van der Waals surface area contributed by atoms with Crippen LogP contribution >= 0.6 is 0 Å². The molecule has 0 aromatic rings. The molecule has 0 atom stereocenters. The van der Waals surface area contributed by atoms with E-state index in [1.807, 2.05) is 0 Å². The molecule has 0 amide bonds. The van der Waals surface area contributed by atoms with Gasteiger partial charge in [-0.2, -0.15) is 0 Å². The van der Waals surface area contributed by atoms with E-state index in [1.165, 1.54) is 19.3 Å². The predicted molar refractivity (Wildman–Crippen MR) is 28.7 cm³/mol. The Kier molecular flexibility index (Phi) is 7.32. The number of rotatable bonds is 3. The maximum absolute atomic E-state index is 2.30. The Morgan fingerprint density at radius 1 is 1.57 bits per heavy atom. The third-order valence-electron chi connectivity index (χ3n) is 0.891. The van der Waals surface area contributed by atoms with Crippen LogP contribution in [0.3, 0.4) is 0 Å². The molecule has 0 saturated heterocycles. The van der Waals surface area contributed by atoms with Gasteiger partial charge in [0.05, 0.1) is 0 Å². The van der Waals surface area contributed by atoms with E-state index in [4.69, 9.17) is 0 Å². The molecular formula is C6H11Hg+. The van der Waals surface area contributed by atoms with Crippen molar-refractivity contribution in [3.05, 3.63) is 9.66 Å². The average molecular weight is 284 g/mol. The summed E-state index contributed by atoms with van der Waals surface area (Å²) < 4.78 is 2.30. The summed E-state index contributed by atoms with van der Waals surface area (Å²) in [6.45, 7) is 2.23. The molecule has 0 bridgehead atoms. The van der Waals surface area contributed by atoms with Crippen LogP contribution in [0.15, 0.2) is 9.66 Å². The minimum atomic E-state index is 0.889. The quantitative estimate of drug-likeness (QED) is 0.550. The molecule has 36 valence electrons. The topological polar surface area (TPSA) is 0 Å². The van der Waals surface area contributed by atoms with E-state index in [-0.39, 0.29) is 0 Å². The summed E-state index contributed by atoms with van der Waals surface area (Å²) in [6, 6.07) is 0. The third kappa shape index (κ3) is 6.68. The summed E-state index contributed by atoms with van der Waals surface area (Å²) in [5.41, 5.74) is 0. The van der Waals surface area contributed by atoms with E-state index >= 15 is 0 Å². The molecule has 0 aliphatic heterocycles. The van der Waals surface area contributed by atoms with Crippen LogP contribution in [-0.2, 0) is 26.1 Å². The van der Waals surface area contributed by atoms with Gasteiger partial charge in [-0.3, -0.25) is 0 Å². The second-order valence-electron chi connectivity index (χ2n) is 1.61. The van der Waals surface area contributed by atoms with Gasteiger partial charge < -0.3 is 0 Å². The predicted octanol–water partition coefficient (Wildman–Crippen LogP) is 2.24. The summed E-state index contributed by atoms with van der Waals surface area (Å²) in [5.74, 6) is 0. The second kappa shape index (κ2) is 6.68. The zero-order valence-electron chi connectivity index (χ0n) is 4.98. The molecule has 0 aliphatic carbocycles. The number of unbranched alkanes of at least 4 members (excludes halogenated alkanes) is 2. The summed E-state index contributed by atoms with van der Waals surface area (Å²) in [6.07, 6.45) is 6.30. The second-order valence-corrected chi connectivity index (χ2v) is 3.45. The van der Waals surface area contributed by atoms with Crippen molar-refractivity contribution in [2.24, 2.45) is 0 Å². The van der Waals surface area contributed by atoms with Gasteiger partial charge in [0.1, 0.15) is 0 Å². The first-order valence-corrected chi connectivity index (χ1v) is 6.03. The van der Waals surface area contributed by atoms with Crippen molar-refractivity contribution in [3.63, 3.8) is 0 Å². The van der Waals surface area contributed by atoms with Crippen molar-refractivity contribution in [3.8, 4) is 0 Å². The fourth-order valence-corrected chi connectivity index (χ4v) is 1.36. The fourth-order valence-electron chi connectivity index (χ4n) is 0.440. The SMILES string of the molecule is CCCC/C=[CH]/[Hg+]. The van der Waals surface area contributed by atoms with Gasteiger partial charge in [0, 0.05) is 0 Å². The van der Waals surface area contributed by atoms with Crippen molar-refractivity contribution in [1.29, 1.82) is 0 Å². The van der Waals surface area contributed by atoms with Crippen molar-refractivity contribution in [2.75, 3.05) is 0 Å². The molecular weight excluding hydrogens is 273 g/mol. The van der Waals surface area contributed by atoms with Gasteiger partial charge in [0.25, 0.3) is 0 Å². The molecule has 0 aromatic carbocycles. The summed E-state index contributed by atoms with van der Waals surface area (Å²) in [7, 11) is 0. The molecule has 0 saturated carbocycles. The van der Waals surface area contributed by atoms with Crippen LogP contribution in [0.2, 0.25) is 0 Å². The van der Waals surface area contributed by atoms with Crippen LogP contribution in [0.4, 0.5) is 0 Å². The van der Waals surface area contributed by atoms with Gasteiger partial charge in [-0.05, 0) is 0 Å². The van der Waals surface area contributed by atoms with Crippen molar-refractivity contribution < 1.29 is 26.1 Å². The molecule has 7 heavy (non-hydrogen) atoms. The van der Waals surface area contributed by atoms with Crippen LogP contribution in [0, 0.1) is 0 Å². The first kappa shape index (κ1) is 7.68. The Labute approximate surface area is 62.0 Å². The summed E-state index contributed by atoms with van der Waals surface area (Å²) >= 11 is 0.889. The number of hydrogen-bond acceptors (Lipinski definition) is 0. The van der Waals surface area contributed by atoms with Crippen molar-refractivity contribution >= 4 is 0 Å². The van der Waals surface area contributed by atoms with Crippen LogP contribution in [-0.4, -0.2) is 0 Å². The number of hydrogen-bond donors (Lipinski definition) is 0. The Morgan fingerprint density at radius 3 is 2.71 bits per heavy atom. The summed E-state index contributed by atoms with van der Waals surface area (Å²) in [4.78, 5) is 0. The van der Waals surface area contributed by atoms with Crippen LogP contribution in [0.1, 0.15) is 26.2 Å². The normalized spacial score (nSPS) is 10.7. The van der Waals surface area contributed by atoms with Gasteiger partial charge in [0.15, 0.2) is 0 Å². The molecule has 0 spiro atoms. The molecule has 0 heterocycles. The number of allylic oxidation sites excluding steroid dienone is 1. The monoisotopic (exact) mass is 285 g/mol. The first-order valence-electron chi connectivity index (χ1n) is 2.86. The molecule has 0 rings (SSSR count). The molecule has 1 heteroatoms. The van der Waals surface area contributed by atoms with E-state index in [1.54, 1.807) is 0 Å². The molecule has 0 radical (unpaired) electrons. The Hall–Kier alpha value is 0.675. The van der Waals surface area contributed by atoms with Gasteiger partial charge in [-0.15, -0.1) is 0 Å². The Morgan fingerprint density at radius 2 is 2.29 bits per heavy atom. The molecule has 0 aromatic heterocycles. The van der Waals surface area contributed by atoms with Gasteiger partial charge in [-0.25, -0.2) is 0 Å². The van der Waals surface area contributed by atoms with Gasteiger partial charge >= 0.3 is 62.0 Å². The minimum absolute atomic E-state index is 0.889. The van der Waals surface area contributed by atoms with Crippen LogP contribution < -0.4 is 0 Å². The standard InChI is InChI=1S/C6H11.Hg/c1-3-5-6-4-2;/h1,3H,4-6H2,2H3;/q;+1. The van der Waals surface area contributed by atoms with Crippen molar-refractivity contribution in [2.45, 2.75) is 26.2 Å². The van der Waals surface area contributed by atoms with Gasteiger partial charge in [0.2, 0.25) is 0 Å². The average Bonchev–Trinajstić information content (AvgIpc) is 1.69. The van der Waals surface area contributed by atoms with E-state index in [2.05, 4.69) is 16.6 Å². The molecule has 0 nitrogen and oxygen atoms in total. The van der Waals surface area contributed by atoms with E-state index < -0.39 is 0 Å². The molecule has 0 N–H and O–H groups in total. The van der Waals surface area contributed by atoms with Crippen LogP contribution in [0.5, 0.6) is 0 Å². The third-order valence-corrected chi connectivity index (χ3v) is 2.19. The molecule has 0 unspecified atom stereocenters. The maximum atomic E-state index is 2.30. The van der Waals surface area contributed by atoms with Gasteiger partial charge in [-0.1, -0.05) is 0 Å². The van der Waals surface area contributed by atoms with E-state index in [9.17, 15) is 0 Å². The van der Waals surface area contributed by atoms with E-state index in [0.29, 0.717) is 0 Å². The first-order chi connectivity index (χ1) is 3.41. The molecule has 0 fully saturated rings. The molecule has 0 aliphatic rings.